The van der Waals surface area contributed by atoms with Gasteiger partial charge in [-0.1, -0.05) is 116 Å². The second-order valence-corrected chi connectivity index (χ2v) is 13.0. The van der Waals surface area contributed by atoms with Crippen LogP contribution in [0.5, 0.6) is 0 Å². The molecule has 4 aromatic carbocycles. The number of nitrogens with one attached hydrogen (secondary N) is 1. The average molecular weight is 678 g/mol. The molecule has 2 aliphatic heterocycles. The Kier molecular flexibility index (Phi) is 11.3. The van der Waals surface area contributed by atoms with Gasteiger partial charge in [0.2, 0.25) is 5.91 Å². The normalized spacial score (nSPS) is 22.2. The zero-order valence-electron chi connectivity index (χ0n) is 28.3. The lowest BCUT2D eigenvalue weighted by Gasteiger charge is -2.42. The second kappa shape index (κ2) is 16.2. The SMILES string of the molecule is C[C@@H]1[C@H](CN(C)Cc2ccccc2)O[C@H](c2ccc(CN3C(=O)CC(NC(=O)OCc4ccccc4)C3=O)cc2)O[C@@H]1c1ccc(CO)cc1. The first-order chi connectivity index (χ1) is 24.3. The molecule has 2 N–H and O–H groups in total. The largest absolute Gasteiger partial charge is 0.445 e. The Hall–Kier alpha value is -4.87. The maximum atomic E-state index is 13.1. The molecule has 2 heterocycles. The topological polar surface area (TPSA) is 118 Å². The predicted octanol–water partition coefficient (Wildman–Crippen LogP) is 5.66. The Morgan fingerprint density at radius 1 is 0.840 bits per heavy atom. The number of alkyl carbamates (subject to hydrolysis) is 1. The Morgan fingerprint density at radius 3 is 2.12 bits per heavy atom. The van der Waals surface area contributed by atoms with E-state index in [1.165, 1.54) is 5.56 Å². The van der Waals surface area contributed by atoms with Gasteiger partial charge in [0, 0.05) is 24.6 Å². The molecule has 2 fully saturated rings. The predicted molar refractivity (Wildman–Crippen MR) is 186 cm³/mol. The minimum absolute atomic E-state index is 0.0283. The number of amides is 3. The number of aliphatic hydroxyl groups excluding tert-OH is 1. The fraction of sp³-hybridized carbons (Fsp3) is 0.325. The quantitative estimate of drug-likeness (QED) is 0.185. The minimum Gasteiger partial charge on any atom is -0.445 e. The number of likely N-dealkylation sites (N-methyl/N-ethyl adjacent to an activating group) is 1. The maximum Gasteiger partial charge on any atom is 0.408 e. The Morgan fingerprint density at radius 2 is 1.46 bits per heavy atom. The summed E-state index contributed by atoms with van der Waals surface area (Å²) in [5.41, 5.74) is 5.44. The molecule has 50 heavy (non-hydrogen) atoms. The van der Waals surface area contributed by atoms with Crippen LogP contribution in [0.15, 0.2) is 109 Å². The van der Waals surface area contributed by atoms with E-state index < -0.39 is 24.3 Å². The third-order valence-electron chi connectivity index (χ3n) is 9.25. The zero-order valence-corrected chi connectivity index (χ0v) is 28.3. The van der Waals surface area contributed by atoms with Crippen molar-refractivity contribution in [2.75, 3.05) is 13.6 Å². The van der Waals surface area contributed by atoms with Gasteiger partial charge in [-0.2, -0.15) is 0 Å². The Bertz CT molecular complexity index is 1730. The summed E-state index contributed by atoms with van der Waals surface area (Å²) >= 11 is 0. The summed E-state index contributed by atoms with van der Waals surface area (Å²) in [4.78, 5) is 41.7. The Balaban J connectivity index is 1.11. The summed E-state index contributed by atoms with van der Waals surface area (Å²) < 4.78 is 18.5. The van der Waals surface area contributed by atoms with Crippen LogP contribution in [0.25, 0.3) is 0 Å². The van der Waals surface area contributed by atoms with Crippen LogP contribution < -0.4 is 5.32 Å². The lowest BCUT2D eigenvalue weighted by Crippen LogP contribution is -2.43. The first-order valence-corrected chi connectivity index (χ1v) is 16.9. The van der Waals surface area contributed by atoms with Gasteiger partial charge < -0.3 is 24.6 Å². The van der Waals surface area contributed by atoms with Gasteiger partial charge in [0.25, 0.3) is 5.91 Å². The average Bonchev–Trinajstić information content (AvgIpc) is 3.39. The highest BCUT2D eigenvalue weighted by atomic mass is 16.7. The van der Waals surface area contributed by atoms with E-state index in [4.69, 9.17) is 14.2 Å². The monoisotopic (exact) mass is 677 g/mol. The van der Waals surface area contributed by atoms with Crippen LogP contribution in [0.3, 0.4) is 0 Å². The molecule has 2 saturated heterocycles. The summed E-state index contributed by atoms with van der Waals surface area (Å²) in [5.74, 6) is -0.799. The van der Waals surface area contributed by atoms with Crippen molar-refractivity contribution in [3.63, 3.8) is 0 Å². The van der Waals surface area contributed by atoms with E-state index in [0.29, 0.717) is 6.54 Å². The van der Waals surface area contributed by atoms with Crippen molar-refractivity contribution in [1.82, 2.24) is 15.1 Å². The van der Waals surface area contributed by atoms with Crippen LogP contribution in [0.4, 0.5) is 4.79 Å². The van der Waals surface area contributed by atoms with Gasteiger partial charge in [-0.05, 0) is 34.9 Å². The van der Waals surface area contributed by atoms with Crippen molar-refractivity contribution in [2.24, 2.45) is 5.92 Å². The van der Waals surface area contributed by atoms with Crippen LogP contribution >= 0.6 is 0 Å². The molecule has 0 spiro atoms. The molecule has 0 aromatic heterocycles. The van der Waals surface area contributed by atoms with Crippen molar-refractivity contribution >= 4 is 17.9 Å². The summed E-state index contributed by atoms with van der Waals surface area (Å²) in [6.07, 6.45) is -1.92. The number of imide groups is 1. The molecule has 0 bridgehead atoms. The van der Waals surface area contributed by atoms with Gasteiger partial charge in [-0.3, -0.25) is 19.4 Å². The van der Waals surface area contributed by atoms with Crippen molar-refractivity contribution in [2.45, 2.75) is 64.2 Å². The molecule has 10 nitrogen and oxygen atoms in total. The van der Waals surface area contributed by atoms with E-state index >= 15 is 0 Å². The van der Waals surface area contributed by atoms with Gasteiger partial charge in [0.05, 0.1) is 31.8 Å². The second-order valence-electron chi connectivity index (χ2n) is 13.0. The summed E-state index contributed by atoms with van der Waals surface area (Å²) in [6.45, 7) is 3.72. The molecule has 5 atom stereocenters. The molecule has 4 aromatic rings. The highest BCUT2D eigenvalue weighted by molar-refractivity contribution is 6.06. The number of nitrogens with zero attached hydrogens (tertiary/aromatic N) is 2. The van der Waals surface area contributed by atoms with Crippen molar-refractivity contribution in [3.8, 4) is 0 Å². The summed E-state index contributed by atoms with van der Waals surface area (Å²) in [5, 5.41) is 12.1. The van der Waals surface area contributed by atoms with E-state index in [0.717, 1.165) is 39.3 Å². The van der Waals surface area contributed by atoms with Crippen molar-refractivity contribution < 1.29 is 33.7 Å². The number of likely N-dealkylation sites (tertiary alicyclic amines) is 1. The van der Waals surface area contributed by atoms with Crippen LogP contribution in [-0.2, 0) is 50.1 Å². The molecule has 0 radical (unpaired) electrons. The van der Waals surface area contributed by atoms with E-state index in [1.54, 1.807) is 0 Å². The molecule has 2 aliphatic rings. The van der Waals surface area contributed by atoms with Gasteiger partial charge in [-0.15, -0.1) is 0 Å². The highest BCUT2D eigenvalue weighted by Crippen LogP contribution is 2.42. The lowest BCUT2D eigenvalue weighted by molar-refractivity contribution is -0.276. The number of benzene rings is 4. The fourth-order valence-corrected chi connectivity index (χ4v) is 6.43. The number of hydrogen-bond donors (Lipinski definition) is 2. The van der Waals surface area contributed by atoms with Crippen LogP contribution in [0.2, 0.25) is 0 Å². The van der Waals surface area contributed by atoms with Crippen molar-refractivity contribution in [3.05, 3.63) is 143 Å². The highest BCUT2D eigenvalue weighted by Gasteiger charge is 2.41. The third-order valence-corrected chi connectivity index (χ3v) is 9.25. The number of carbonyl (C=O) groups is 3. The van der Waals surface area contributed by atoms with E-state index in [9.17, 15) is 19.5 Å². The van der Waals surface area contributed by atoms with E-state index in [1.807, 2.05) is 97.1 Å². The first kappa shape index (κ1) is 35.0. The van der Waals surface area contributed by atoms with Crippen LogP contribution in [0.1, 0.15) is 59.1 Å². The molecular weight excluding hydrogens is 634 g/mol. The summed E-state index contributed by atoms with van der Waals surface area (Å²) in [6, 6.07) is 33.9. The number of carbonyl (C=O) groups excluding carboxylic acids is 3. The van der Waals surface area contributed by atoms with Gasteiger partial charge >= 0.3 is 6.09 Å². The van der Waals surface area contributed by atoms with E-state index in [-0.39, 0.29) is 50.2 Å². The number of aliphatic hydroxyl groups is 1. The molecule has 1 unspecified atom stereocenters. The van der Waals surface area contributed by atoms with Crippen LogP contribution in [0, 0.1) is 5.92 Å². The Labute approximate surface area is 292 Å². The molecule has 260 valence electrons. The smallest absolute Gasteiger partial charge is 0.408 e. The third kappa shape index (κ3) is 8.64. The standard InChI is InChI=1S/C40H43N3O7/c1-27-35(24-42(2)22-28-9-5-3-6-10-28)49-39(50-37(27)32-17-15-30(25-44)16-18-32)33-19-13-29(14-20-33)23-43-36(45)21-34(38(43)46)41-40(47)48-26-31-11-7-4-8-12-31/h3-20,27,34-35,37,39,44H,21-26H2,1-2H3,(H,41,47)/t27-,34?,35+,37+,39+/m1/s1. The van der Waals surface area contributed by atoms with Gasteiger partial charge in [0.15, 0.2) is 6.29 Å². The van der Waals surface area contributed by atoms with E-state index in [2.05, 4.69) is 36.3 Å². The van der Waals surface area contributed by atoms with Crippen molar-refractivity contribution in [1.29, 1.82) is 0 Å². The minimum atomic E-state index is -0.976. The maximum absolute atomic E-state index is 13.1. The number of rotatable bonds is 12. The van der Waals surface area contributed by atoms with Gasteiger partial charge in [-0.25, -0.2) is 4.79 Å². The molecule has 0 saturated carbocycles. The summed E-state index contributed by atoms with van der Waals surface area (Å²) in [7, 11) is 2.09. The van der Waals surface area contributed by atoms with Gasteiger partial charge in [0.1, 0.15) is 12.6 Å². The first-order valence-electron chi connectivity index (χ1n) is 16.9. The lowest BCUT2D eigenvalue weighted by atomic mass is 9.90. The number of hydrogen-bond acceptors (Lipinski definition) is 8. The fourth-order valence-electron chi connectivity index (χ4n) is 6.43. The van der Waals surface area contributed by atoms with Crippen LogP contribution in [-0.4, -0.2) is 58.6 Å². The zero-order chi connectivity index (χ0) is 35.0. The molecule has 10 heteroatoms. The molecule has 6 rings (SSSR count). The molecular formula is C40H43N3O7. The number of ether oxygens (including phenoxy) is 3. The molecule has 3 amide bonds. The molecule has 0 aliphatic carbocycles.